The molecule has 1 amide bonds. The van der Waals surface area contributed by atoms with Gasteiger partial charge in [0, 0.05) is 30.5 Å². The van der Waals surface area contributed by atoms with Crippen molar-refractivity contribution in [2.45, 2.75) is 13.8 Å². The molecule has 124 valence electrons. The number of aliphatic hydroxyl groups is 2. The van der Waals surface area contributed by atoms with Gasteiger partial charge in [-0.05, 0) is 25.1 Å². The van der Waals surface area contributed by atoms with Crippen LogP contribution >= 0.6 is 0 Å². The molecule has 1 aromatic heterocycles. The molecule has 23 heavy (non-hydrogen) atoms. The number of carbonyl (C=O) groups excluding carboxylic acids is 1. The summed E-state index contributed by atoms with van der Waals surface area (Å²) in [4.78, 5) is 18.4. The van der Waals surface area contributed by atoms with Gasteiger partial charge in [0.05, 0.1) is 30.0 Å². The predicted octanol–water partition coefficient (Wildman–Crippen LogP) is 1.75. The SMILES string of the molecule is Cc1nc2cc(F)ccc2cc1C(=O)N(C)CC(C)(CO)CO. The van der Waals surface area contributed by atoms with Crippen LogP contribution in [0.2, 0.25) is 0 Å². The second-order valence-electron chi connectivity index (χ2n) is 6.25. The molecular formula is C17H21FN2O3. The van der Waals surface area contributed by atoms with Gasteiger partial charge in [-0.3, -0.25) is 9.78 Å². The number of nitrogens with zero attached hydrogens (tertiary/aromatic N) is 2. The van der Waals surface area contributed by atoms with Crippen molar-refractivity contribution in [2.75, 3.05) is 26.8 Å². The van der Waals surface area contributed by atoms with Crippen LogP contribution in [0.5, 0.6) is 0 Å². The molecule has 0 spiro atoms. The first-order valence-electron chi connectivity index (χ1n) is 7.34. The minimum atomic E-state index is -0.772. The molecule has 0 aliphatic rings. The summed E-state index contributed by atoms with van der Waals surface area (Å²) >= 11 is 0. The minimum Gasteiger partial charge on any atom is -0.396 e. The first kappa shape index (κ1) is 17.3. The molecule has 0 atom stereocenters. The topological polar surface area (TPSA) is 73.7 Å². The van der Waals surface area contributed by atoms with Crippen molar-refractivity contribution in [1.29, 1.82) is 0 Å². The average molecular weight is 320 g/mol. The minimum absolute atomic E-state index is 0.208. The number of amides is 1. The highest BCUT2D eigenvalue weighted by Gasteiger charge is 2.27. The van der Waals surface area contributed by atoms with Crippen molar-refractivity contribution in [2.24, 2.45) is 5.41 Å². The highest BCUT2D eigenvalue weighted by atomic mass is 19.1. The van der Waals surface area contributed by atoms with Crippen LogP contribution in [-0.4, -0.2) is 52.8 Å². The zero-order valence-corrected chi connectivity index (χ0v) is 13.5. The summed E-state index contributed by atoms with van der Waals surface area (Å²) in [5.74, 6) is -0.628. The standard InChI is InChI=1S/C17H21FN2O3/c1-11-14(6-12-4-5-13(18)7-15(12)19-11)16(23)20(3)8-17(2,9-21)10-22/h4-7,21-22H,8-10H2,1-3H3. The molecule has 0 fully saturated rings. The second-order valence-corrected chi connectivity index (χ2v) is 6.25. The molecule has 0 saturated carbocycles. The zero-order valence-electron chi connectivity index (χ0n) is 13.5. The summed E-state index contributed by atoms with van der Waals surface area (Å²) in [6, 6.07) is 5.92. The first-order valence-corrected chi connectivity index (χ1v) is 7.34. The number of hydrogen-bond donors (Lipinski definition) is 2. The molecule has 6 heteroatoms. The van der Waals surface area contributed by atoms with Gasteiger partial charge in [-0.25, -0.2) is 4.39 Å². The fourth-order valence-electron chi connectivity index (χ4n) is 2.45. The fraction of sp³-hybridized carbons (Fsp3) is 0.412. The Kier molecular flexibility index (Phi) is 4.97. The lowest BCUT2D eigenvalue weighted by molar-refractivity contribution is 0.0366. The molecule has 0 saturated heterocycles. The maximum absolute atomic E-state index is 13.3. The molecule has 0 aliphatic heterocycles. The number of carbonyl (C=O) groups is 1. The highest BCUT2D eigenvalue weighted by Crippen LogP contribution is 2.21. The van der Waals surface area contributed by atoms with Crippen molar-refractivity contribution in [3.63, 3.8) is 0 Å². The summed E-state index contributed by atoms with van der Waals surface area (Å²) in [5.41, 5.74) is 0.655. The Balaban J connectivity index is 2.33. The number of aryl methyl sites for hydroxylation is 1. The van der Waals surface area contributed by atoms with Gasteiger partial charge in [-0.1, -0.05) is 6.92 Å². The molecule has 5 nitrogen and oxygen atoms in total. The van der Waals surface area contributed by atoms with Gasteiger partial charge in [0.1, 0.15) is 5.82 Å². The average Bonchev–Trinajstić information content (AvgIpc) is 2.53. The molecule has 2 aromatic rings. The quantitative estimate of drug-likeness (QED) is 0.880. The molecular weight excluding hydrogens is 299 g/mol. The fourth-order valence-corrected chi connectivity index (χ4v) is 2.45. The third-order valence-corrected chi connectivity index (χ3v) is 3.93. The van der Waals surface area contributed by atoms with E-state index < -0.39 is 5.41 Å². The molecule has 0 unspecified atom stereocenters. The van der Waals surface area contributed by atoms with E-state index in [9.17, 15) is 19.4 Å². The Morgan fingerprint density at radius 2 is 1.96 bits per heavy atom. The second kappa shape index (κ2) is 6.60. The van der Waals surface area contributed by atoms with Crippen LogP contribution in [0.3, 0.4) is 0 Å². The van der Waals surface area contributed by atoms with Crippen molar-refractivity contribution >= 4 is 16.8 Å². The van der Waals surface area contributed by atoms with Crippen LogP contribution in [0.15, 0.2) is 24.3 Å². The molecule has 0 bridgehead atoms. The lowest BCUT2D eigenvalue weighted by Crippen LogP contribution is -2.41. The van der Waals surface area contributed by atoms with Crippen molar-refractivity contribution in [1.82, 2.24) is 9.88 Å². The summed E-state index contributed by atoms with van der Waals surface area (Å²) < 4.78 is 13.3. The van der Waals surface area contributed by atoms with E-state index >= 15 is 0 Å². The van der Waals surface area contributed by atoms with Crippen LogP contribution in [0, 0.1) is 18.2 Å². The van der Waals surface area contributed by atoms with Crippen molar-refractivity contribution in [3.05, 3.63) is 41.3 Å². The van der Waals surface area contributed by atoms with Gasteiger partial charge < -0.3 is 15.1 Å². The summed E-state index contributed by atoms with van der Waals surface area (Å²) in [6.07, 6.45) is 0. The van der Waals surface area contributed by atoms with Crippen LogP contribution in [0.25, 0.3) is 10.9 Å². The van der Waals surface area contributed by atoms with Crippen LogP contribution in [-0.2, 0) is 0 Å². The van der Waals surface area contributed by atoms with E-state index in [1.165, 1.54) is 17.0 Å². The van der Waals surface area contributed by atoms with E-state index in [1.54, 1.807) is 33.0 Å². The normalized spacial score (nSPS) is 11.7. The van der Waals surface area contributed by atoms with Crippen LogP contribution < -0.4 is 0 Å². The molecule has 1 aromatic carbocycles. The van der Waals surface area contributed by atoms with E-state index in [0.717, 1.165) is 0 Å². The van der Waals surface area contributed by atoms with E-state index in [-0.39, 0.29) is 31.5 Å². The Bertz CT molecular complexity index is 729. The number of hydrogen-bond acceptors (Lipinski definition) is 4. The third kappa shape index (κ3) is 3.65. The van der Waals surface area contributed by atoms with Gasteiger partial charge in [0.2, 0.25) is 0 Å². The maximum Gasteiger partial charge on any atom is 0.255 e. The summed E-state index contributed by atoms with van der Waals surface area (Å²) in [6.45, 7) is 3.15. The largest absolute Gasteiger partial charge is 0.396 e. The monoisotopic (exact) mass is 320 g/mol. The lowest BCUT2D eigenvalue weighted by atomic mass is 9.92. The summed E-state index contributed by atoms with van der Waals surface area (Å²) in [5, 5.41) is 19.4. The first-order chi connectivity index (χ1) is 10.8. The molecule has 2 rings (SSSR count). The predicted molar refractivity (Wildman–Crippen MR) is 85.7 cm³/mol. The van der Waals surface area contributed by atoms with E-state index in [2.05, 4.69) is 4.98 Å². The Morgan fingerprint density at radius 3 is 2.57 bits per heavy atom. The van der Waals surface area contributed by atoms with Gasteiger partial charge >= 0.3 is 0 Å². The van der Waals surface area contributed by atoms with Gasteiger partial charge in [-0.2, -0.15) is 0 Å². The lowest BCUT2D eigenvalue weighted by Gasteiger charge is -2.30. The smallest absolute Gasteiger partial charge is 0.255 e. The van der Waals surface area contributed by atoms with Gasteiger partial charge in [-0.15, -0.1) is 0 Å². The van der Waals surface area contributed by atoms with Crippen molar-refractivity contribution < 1.29 is 19.4 Å². The van der Waals surface area contributed by atoms with Crippen molar-refractivity contribution in [3.8, 4) is 0 Å². The van der Waals surface area contributed by atoms with Crippen LogP contribution in [0.4, 0.5) is 4.39 Å². The Hall–Kier alpha value is -2.05. The molecule has 1 heterocycles. The highest BCUT2D eigenvalue weighted by molar-refractivity contribution is 5.98. The molecule has 0 radical (unpaired) electrons. The number of benzene rings is 1. The van der Waals surface area contributed by atoms with Gasteiger partial charge in [0.15, 0.2) is 0 Å². The Labute approximate surface area is 134 Å². The van der Waals surface area contributed by atoms with Crippen LogP contribution in [0.1, 0.15) is 23.0 Å². The Morgan fingerprint density at radius 1 is 1.30 bits per heavy atom. The molecule has 0 aliphatic carbocycles. The number of pyridine rings is 1. The van der Waals surface area contributed by atoms with E-state index in [0.29, 0.717) is 22.2 Å². The number of halogens is 1. The van der Waals surface area contributed by atoms with E-state index in [1.807, 2.05) is 0 Å². The number of aromatic nitrogens is 1. The maximum atomic E-state index is 13.3. The summed E-state index contributed by atoms with van der Waals surface area (Å²) in [7, 11) is 1.61. The number of fused-ring (bicyclic) bond motifs is 1. The third-order valence-electron chi connectivity index (χ3n) is 3.93. The number of aliphatic hydroxyl groups excluding tert-OH is 2. The van der Waals surface area contributed by atoms with Gasteiger partial charge in [0.25, 0.3) is 5.91 Å². The van der Waals surface area contributed by atoms with E-state index in [4.69, 9.17) is 0 Å². The zero-order chi connectivity index (χ0) is 17.2. The number of rotatable bonds is 5. The molecule has 2 N–H and O–H groups in total.